The standard InChI is InChI=1S/C20H26N2O3/c1-25-18-9-7-15(8-10-18)19(23)16-11-13-22(14-12-16)20(24)21-17-5-3-2-4-6-17/h2-3,7-10,16-17H,4-6,11-14H2,1H3,(H,21,24)/t17-/m1/s1. The van der Waals surface area contributed by atoms with Crippen molar-refractivity contribution < 1.29 is 14.3 Å². The zero-order chi connectivity index (χ0) is 17.6. The molecule has 134 valence electrons. The maximum Gasteiger partial charge on any atom is 0.317 e. The number of rotatable bonds is 4. The fourth-order valence-electron chi connectivity index (χ4n) is 3.53. The van der Waals surface area contributed by atoms with Crippen LogP contribution >= 0.6 is 0 Å². The zero-order valence-electron chi connectivity index (χ0n) is 14.7. The Hall–Kier alpha value is -2.30. The summed E-state index contributed by atoms with van der Waals surface area (Å²) in [6.45, 7) is 1.28. The molecular formula is C20H26N2O3. The van der Waals surface area contributed by atoms with Gasteiger partial charge in [0.25, 0.3) is 0 Å². The first-order valence-electron chi connectivity index (χ1n) is 9.06. The molecule has 0 unspecified atom stereocenters. The molecule has 2 aliphatic rings. The molecule has 1 fully saturated rings. The van der Waals surface area contributed by atoms with E-state index in [1.54, 1.807) is 7.11 Å². The molecule has 1 aliphatic carbocycles. The average Bonchev–Trinajstić information content (AvgIpc) is 2.68. The maximum atomic E-state index is 12.6. The number of allylic oxidation sites excluding steroid dienone is 1. The number of ketones is 1. The van der Waals surface area contributed by atoms with Crippen molar-refractivity contribution in [3.63, 3.8) is 0 Å². The van der Waals surface area contributed by atoms with Crippen molar-refractivity contribution in [2.75, 3.05) is 20.2 Å². The summed E-state index contributed by atoms with van der Waals surface area (Å²) in [6, 6.07) is 7.52. The number of carbonyl (C=O) groups is 2. The quantitative estimate of drug-likeness (QED) is 0.674. The van der Waals surface area contributed by atoms with Crippen molar-refractivity contribution in [1.82, 2.24) is 10.2 Å². The number of methoxy groups -OCH3 is 1. The maximum absolute atomic E-state index is 12.6. The molecule has 1 aromatic carbocycles. The van der Waals surface area contributed by atoms with Gasteiger partial charge in [0.1, 0.15) is 5.75 Å². The topological polar surface area (TPSA) is 58.6 Å². The van der Waals surface area contributed by atoms with Gasteiger partial charge < -0.3 is 15.0 Å². The molecule has 0 aromatic heterocycles. The second-order valence-corrected chi connectivity index (χ2v) is 6.78. The van der Waals surface area contributed by atoms with E-state index in [1.165, 1.54) is 0 Å². The van der Waals surface area contributed by atoms with Crippen LogP contribution in [-0.2, 0) is 0 Å². The van der Waals surface area contributed by atoms with Crippen LogP contribution in [0.4, 0.5) is 4.79 Å². The molecule has 0 radical (unpaired) electrons. The molecule has 1 N–H and O–H groups in total. The molecule has 25 heavy (non-hydrogen) atoms. The molecule has 0 bridgehead atoms. The highest BCUT2D eigenvalue weighted by molar-refractivity contribution is 5.98. The molecule has 1 aromatic rings. The number of nitrogens with one attached hydrogen (secondary N) is 1. The molecule has 0 spiro atoms. The fraction of sp³-hybridized carbons (Fsp3) is 0.500. The number of nitrogens with zero attached hydrogens (tertiary/aromatic N) is 1. The fourth-order valence-corrected chi connectivity index (χ4v) is 3.53. The summed E-state index contributed by atoms with van der Waals surface area (Å²) in [6.07, 6.45) is 8.70. The third-order valence-corrected chi connectivity index (χ3v) is 5.12. The normalized spacial score (nSPS) is 21.0. The van der Waals surface area contributed by atoms with Crippen LogP contribution in [0.3, 0.4) is 0 Å². The number of ether oxygens (including phenoxy) is 1. The first-order valence-corrected chi connectivity index (χ1v) is 9.06. The van der Waals surface area contributed by atoms with Crippen LogP contribution in [0, 0.1) is 5.92 Å². The van der Waals surface area contributed by atoms with Gasteiger partial charge in [0, 0.05) is 30.6 Å². The number of hydrogen-bond donors (Lipinski definition) is 1. The van der Waals surface area contributed by atoms with Gasteiger partial charge in [0.2, 0.25) is 0 Å². The number of carbonyl (C=O) groups excluding carboxylic acids is 2. The third-order valence-electron chi connectivity index (χ3n) is 5.12. The van der Waals surface area contributed by atoms with E-state index in [1.807, 2.05) is 29.2 Å². The lowest BCUT2D eigenvalue weighted by Crippen LogP contribution is -2.48. The van der Waals surface area contributed by atoms with Crippen molar-refractivity contribution >= 4 is 11.8 Å². The van der Waals surface area contributed by atoms with E-state index in [4.69, 9.17) is 4.74 Å². The minimum absolute atomic E-state index is 0.00458. The van der Waals surface area contributed by atoms with E-state index in [9.17, 15) is 9.59 Å². The Morgan fingerprint density at radius 1 is 1.08 bits per heavy atom. The van der Waals surface area contributed by atoms with Gasteiger partial charge in [-0.15, -0.1) is 0 Å². The van der Waals surface area contributed by atoms with Crippen molar-refractivity contribution in [2.45, 2.75) is 38.1 Å². The first-order chi connectivity index (χ1) is 12.2. The molecule has 1 atom stereocenters. The van der Waals surface area contributed by atoms with Crippen molar-refractivity contribution in [2.24, 2.45) is 5.92 Å². The van der Waals surface area contributed by atoms with Crippen molar-refractivity contribution in [3.05, 3.63) is 42.0 Å². The summed E-state index contributed by atoms with van der Waals surface area (Å²) in [5.41, 5.74) is 0.720. The van der Waals surface area contributed by atoms with Crippen LogP contribution in [0.2, 0.25) is 0 Å². The van der Waals surface area contributed by atoms with Crippen LogP contribution in [0.25, 0.3) is 0 Å². The second-order valence-electron chi connectivity index (χ2n) is 6.78. The predicted octanol–water partition coefficient (Wildman–Crippen LogP) is 3.41. The Bertz CT molecular complexity index is 631. The summed E-state index contributed by atoms with van der Waals surface area (Å²) < 4.78 is 5.13. The third kappa shape index (κ3) is 4.41. The van der Waals surface area contributed by atoms with Gasteiger partial charge in [0.15, 0.2) is 5.78 Å². The van der Waals surface area contributed by atoms with Gasteiger partial charge >= 0.3 is 6.03 Å². The Kier molecular flexibility index (Phi) is 5.74. The molecule has 2 amide bonds. The average molecular weight is 342 g/mol. The van der Waals surface area contributed by atoms with Gasteiger partial charge in [-0.05, 0) is 56.4 Å². The van der Waals surface area contributed by atoms with Crippen LogP contribution in [0.15, 0.2) is 36.4 Å². The van der Waals surface area contributed by atoms with E-state index in [0.717, 1.165) is 43.4 Å². The number of benzene rings is 1. The minimum atomic E-state index is -0.00458. The van der Waals surface area contributed by atoms with Crippen LogP contribution < -0.4 is 10.1 Å². The van der Waals surface area contributed by atoms with E-state index < -0.39 is 0 Å². The number of likely N-dealkylation sites (tertiary alicyclic amines) is 1. The number of Topliss-reactive ketones (excluding diaryl/α,β-unsaturated/α-hetero) is 1. The smallest absolute Gasteiger partial charge is 0.317 e. The molecular weight excluding hydrogens is 316 g/mol. The van der Waals surface area contributed by atoms with Crippen LogP contribution in [0.5, 0.6) is 5.75 Å². The summed E-state index contributed by atoms with van der Waals surface area (Å²) in [5.74, 6) is 0.913. The molecule has 1 aliphatic heterocycles. The van der Waals surface area contributed by atoms with Gasteiger partial charge in [-0.25, -0.2) is 4.79 Å². The highest BCUT2D eigenvalue weighted by Crippen LogP contribution is 2.23. The van der Waals surface area contributed by atoms with Crippen molar-refractivity contribution in [3.8, 4) is 5.75 Å². The number of urea groups is 1. The highest BCUT2D eigenvalue weighted by Gasteiger charge is 2.28. The summed E-state index contributed by atoms with van der Waals surface area (Å²) in [5, 5.41) is 3.11. The van der Waals surface area contributed by atoms with Crippen LogP contribution in [-0.4, -0.2) is 43.0 Å². The van der Waals surface area contributed by atoms with E-state index in [-0.39, 0.29) is 23.8 Å². The Balaban J connectivity index is 1.49. The predicted molar refractivity (Wildman–Crippen MR) is 96.9 cm³/mol. The molecule has 3 rings (SSSR count). The Morgan fingerprint density at radius 3 is 2.40 bits per heavy atom. The Labute approximate surface area is 149 Å². The molecule has 1 saturated heterocycles. The van der Waals surface area contributed by atoms with E-state index in [0.29, 0.717) is 13.1 Å². The molecule has 0 saturated carbocycles. The van der Waals surface area contributed by atoms with Gasteiger partial charge in [-0.1, -0.05) is 12.2 Å². The summed E-state index contributed by atoms with van der Waals surface area (Å²) >= 11 is 0. The largest absolute Gasteiger partial charge is 0.497 e. The lowest BCUT2D eigenvalue weighted by Gasteiger charge is -2.33. The minimum Gasteiger partial charge on any atom is -0.497 e. The van der Waals surface area contributed by atoms with Crippen LogP contribution in [0.1, 0.15) is 42.5 Å². The SMILES string of the molecule is COc1ccc(C(=O)C2CCN(C(=O)N[C@@H]3CC=CCC3)CC2)cc1. The first kappa shape index (κ1) is 17.5. The molecule has 5 heteroatoms. The highest BCUT2D eigenvalue weighted by atomic mass is 16.5. The van der Waals surface area contributed by atoms with Gasteiger partial charge in [-0.3, -0.25) is 4.79 Å². The number of piperidine rings is 1. The summed E-state index contributed by atoms with van der Waals surface area (Å²) in [7, 11) is 1.61. The van der Waals surface area contributed by atoms with Gasteiger partial charge in [-0.2, -0.15) is 0 Å². The number of hydrogen-bond acceptors (Lipinski definition) is 3. The lowest BCUT2D eigenvalue weighted by atomic mass is 9.89. The second kappa shape index (κ2) is 8.19. The Morgan fingerprint density at radius 2 is 1.80 bits per heavy atom. The van der Waals surface area contributed by atoms with E-state index in [2.05, 4.69) is 17.5 Å². The van der Waals surface area contributed by atoms with Gasteiger partial charge in [0.05, 0.1) is 7.11 Å². The lowest BCUT2D eigenvalue weighted by molar-refractivity contribution is 0.0853. The van der Waals surface area contributed by atoms with Crippen molar-refractivity contribution in [1.29, 1.82) is 0 Å². The molecule has 1 heterocycles. The zero-order valence-corrected chi connectivity index (χ0v) is 14.7. The number of amides is 2. The summed E-state index contributed by atoms with van der Waals surface area (Å²) in [4.78, 5) is 26.8. The van der Waals surface area contributed by atoms with E-state index >= 15 is 0 Å². The molecule has 5 nitrogen and oxygen atoms in total. The monoisotopic (exact) mass is 342 g/mol.